The van der Waals surface area contributed by atoms with Crippen molar-refractivity contribution in [2.24, 2.45) is 0 Å². The number of hydrogen-bond donors (Lipinski definition) is 3. The van der Waals surface area contributed by atoms with Crippen LogP contribution in [0.2, 0.25) is 0 Å². The van der Waals surface area contributed by atoms with Crippen LogP contribution in [0.25, 0.3) is 0 Å². The standard InChI is InChI=1S/C12H14N2O4/c15-8-2-3-9(10(16)6-8)12(18)14-5-1-4-13-11(17)7-14/h2-3,6,15-16H,1,4-5,7H2,(H,13,17). The molecule has 0 radical (unpaired) electrons. The van der Waals surface area contributed by atoms with Gasteiger partial charge in [-0.05, 0) is 18.6 Å². The molecule has 6 heteroatoms. The Hall–Kier alpha value is -2.24. The summed E-state index contributed by atoms with van der Waals surface area (Å²) in [5.41, 5.74) is 0.0856. The van der Waals surface area contributed by atoms with Crippen LogP contribution in [0.3, 0.4) is 0 Å². The van der Waals surface area contributed by atoms with Crippen molar-refractivity contribution in [1.82, 2.24) is 10.2 Å². The van der Waals surface area contributed by atoms with E-state index >= 15 is 0 Å². The van der Waals surface area contributed by atoms with Gasteiger partial charge in [0.1, 0.15) is 11.5 Å². The van der Waals surface area contributed by atoms with Crippen molar-refractivity contribution in [2.45, 2.75) is 6.42 Å². The number of hydrogen-bond acceptors (Lipinski definition) is 4. The smallest absolute Gasteiger partial charge is 0.258 e. The van der Waals surface area contributed by atoms with E-state index in [2.05, 4.69) is 5.32 Å². The van der Waals surface area contributed by atoms with Crippen LogP contribution in [0, 0.1) is 0 Å². The van der Waals surface area contributed by atoms with Gasteiger partial charge in [-0.2, -0.15) is 0 Å². The van der Waals surface area contributed by atoms with Crippen molar-refractivity contribution in [2.75, 3.05) is 19.6 Å². The van der Waals surface area contributed by atoms with Gasteiger partial charge in [-0.15, -0.1) is 0 Å². The minimum absolute atomic E-state index is 0.0147. The summed E-state index contributed by atoms with van der Waals surface area (Å²) in [6, 6.07) is 3.77. The maximum Gasteiger partial charge on any atom is 0.258 e. The van der Waals surface area contributed by atoms with Crippen LogP contribution >= 0.6 is 0 Å². The molecule has 0 spiro atoms. The Kier molecular flexibility index (Phi) is 3.36. The minimum Gasteiger partial charge on any atom is -0.508 e. The summed E-state index contributed by atoms with van der Waals surface area (Å²) >= 11 is 0. The molecule has 1 fully saturated rings. The van der Waals surface area contributed by atoms with E-state index in [-0.39, 0.29) is 29.5 Å². The van der Waals surface area contributed by atoms with E-state index < -0.39 is 5.91 Å². The second kappa shape index (κ2) is 4.95. The fourth-order valence-electron chi connectivity index (χ4n) is 1.85. The van der Waals surface area contributed by atoms with E-state index in [9.17, 15) is 14.7 Å². The Labute approximate surface area is 104 Å². The van der Waals surface area contributed by atoms with E-state index in [1.807, 2.05) is 0 Å². The van der Waals surface area contributed by atoms with Crippen molar-refractivity contribution in [1.29, 1.82) is 0 Å². The van der Waals surface area contributed by atoms with Gasteiger partial charge in [0.2, 0.25) is 5.91 Å². The predicted octanol–water partition coefficient (Wildman–Crippen LogP) is 0.0599. The lowest BCUT2D eigenvalue weighted by molar-refractivity contribution is -0.121. The molecule has 1 aliphatic rings. The molecule has 0 aliphatic carbocycles. The molecule has 2 amide bonds. The van der Waals surface area contributed by atoms with Gasteiger partial charge in [0.15, 0.2) is 0 Å². The van der Waals surface area contributed by atoms with Gasteiger partial charge in [0.25, 0.3) is 5.91 Å². The molecule has 0 aromatic heterocycles. The number of amides is 2. The Balaban J connectivity index is 2.21. The zero-order chi connectivity index (χ0) is 13.1. The highest BCUT2D eigenvalue weighted by Gasteiger charge is 2.23. The van der Waals surface area contributed by atoms with E-state index in [4.69, 9.17) is 5.11 Å². The SMILES string of the molecule is O=C1CN(C(=O)c2ccc(O)cc2O)CCCN1. The molecule has 3 N–H and O–H groups in total. The first-order valence-corrected chi connectivity index (χ1v) is 5.66. The first kappa shape index (κ1) is 12.2. The van der Waals surface area contributed by atoms with Crippen molar-refractivity contribution in [3.8, 4) is 11.5 Å². The van der Waals surface area contributed by atoms with Crippen molar-refractivity contribution >= 4 is 11.8 Å². The number of carbonyl (C=O) groups excluding carboxylic acids is 2. The Morgan fingerprint density at radius 2 is 2.11 bits per heavy atom. The zero-order valence-electron chi connectivity index (χ0n) is 9.72. The minimum atomic E-state index is -0.412. The fraction of sp³-hybridized carbons (Fsp3) is 0.333. The number of nitrogens with zero attached hydrogens (tertiary/aromatic N) is 1. The fourth-order valence-corrected chi connectivity index (χ4v) is 1.85. The second-order valence-corrected chi connectivity index (χ2v) is 4.13. The third-order valence-electron chi connectivity index (χ3n) is 2.76. The topological polar surface area (TPSA) is 89.9 Å². The molecular weight excluding hydrogens is 236 g/mol. The summed E-state index contributed by atoms with van der Waals surface area (Å²) < 4.78 is 0. The van der Waals surface area contributed by atoms with Crippen molar-refractivity contribution in [3.63, 3.8) is 0 Å². The summed E-state index contributed by atoms with van der Waals surface area (Å²) in [5, 5.41) is 21.5. The highest BCUT2D eigenvalue weighted by molar-refractivity contribution is 5.99. The van der Waals surface area contributed by atoms with Crippen LogP contribution < -0.4 is 5.32 Å². The molecule has 2 rings (SSSR count). The van der Waals surface area contributed by atoms with Gasteiger partial charge in [-0.3, -0.25) is 9.59 Å². The van der Waals surface area contributed by atoms with Gasteiger partial charge >= 0.3 is 0 Å². The Bertz CT molecular complexity index is 487. The first-order valence-electron chi connectivity index (χ1n) is 5.66. The van der Waals surface area contributed by atoms with Crippen molar-refractivity contribution < 1.29 is 19.8 Å². The lowest BCUT2D eigenvalue weighted by Crippen LogP contribution is -2.37. The van der Waals surface area contributed by atoms with Gasteiger partial charge in [-0.1, -0.05) is 0 Å². The van der Waals surface area contributed by atoms with Crippen LogP contribution in [0.15, 0.2) is 18.2 Å². The number of phenolic OH excluding ortho intramolecular Hbond substituents is 2. The monoisotopic (exact) mass is 250 g/mol. The summed E-state index contributed by atoms with van der Waals surface area (Å²) in [7, 11) is 0. The number of phenols is 2. The zero-order valence-corrected chi connectivity index (χ0v) is 9.72. The number of nitrogens with one attached hydrogen (secondary N) is 1. The van der Waals surface area contributed by atoms with Crippen LogP contribution in [0.4, 0.5) is 0 Å². The molecule has 0 unspecified atom stereocenters. The number of benzene rings is 1. The number of rotatable bonds is 1. The van der Waals surface area contributed by atoms with E-state index in [1.165, 1.54) is 17.0 Å². The molecule has 96 valence electrons. The lowest BCUT2D eigenvalue weighted by Gasteiger charge is -2.19. The van der Waals surface area contributed by atoms with Gasteiger partial charge in [-0.25, -0.2) is 0 Å². The summed E-state index contributed by atoms with van der Waals surface area (Å²) in [4.78, 5) is 24.9. The molecule has 18 heavy (non-hydrogen) atoms. The van der Waals surface area contributed by atoms with Crippen LogP contribution in [0.5, 0.6) is 11.5 Å². The molecule has 1 aromatic carbocycles. The Morgan fingerprint density at radius 3 is 2.83 bits per heavy atom. The lowest BCUT2D eigenvalue weighted by atomic mass is 10.1. The highest BCUT2D eigenvalue weighted by Crippen LogP contribution is 2.24. The Morgan fingerprint density at radius 1 is 1.33 bits per heavy atom. The number of carbonyl (C=O) groups is 2. The van der Waals surface area contributed by atoms with Crippen molar-refractivity contribution in [3.05, 3.63) is 23.8 Å². The second-order valence-electron chi connectivity index (χ2n) is 4.13. The maximum atomic E-state index is 12.1. The molecule has 6 nitrogen and oxygen atoms in total. The van der Waals surface area contributed by atoms with Crippen LogP contribution in [-0.4, -0.2) is 46.6 Å². The van der Waals surface area contributed by atoms with Gasteiger partial charge in [0.05, 0.1) is 12.1 Å². The van der Waals surface area contributed by atoms with E-state index in [0.717, 1.165) is 6.07 Å². The van der Waals surface area contributed by atoms with E-state index in [1.54, 1.807) is 0 Å². The summed E-state index contributed by atoms with van der Waals surface area (Å²) in [6.07, 6.45) is 0.677. The molecule has 1 aliphatic heterocycles. The number of aromatic hydroxyl groups is 2. The summed E-state index contributed by atoms with van der Waals surface area (Å²) in [6.45, 7) is 0.987. The average molecular weight is 250 g/mol. The first-order chi connectivity index (χ1) is 8.58. The molecule has 0 bridgehead atoms. The molecular formula is C12H14N2O4. The maximum absolute atomic E-state index is 12.1. The molecule has 1 saturated heterocycles. The highest BCUT2D eigenvalue weighted by atomic mass is 16.3. The van der Waals surface area contributed by atoms with Gasteiger partial charge < -0.3 is 20.4 Å². The average Bonchev–Trinajstić information content (AvgIpc) is 2.53. The molecule has 0 saturated carbocycles. The molecule has 1 aromatic rings. The third kappa shape index (κ3) is 2.53. The summed E-state index contributed by atoms with van der Waals surface area (Å²) in [5.74, 6) is -1.02. The molecule has 1 heterocycles. The quantitative estimate of drug-likeness (QED) is 0.657. The largest absolute Gasteiger partial charge is 0.508 e. The molecule has 0 atom stereocenters. The predicted molar refractivity (Wildman–Crippen MR) is 63.3 cm³/mol. The third-order valence-corrected chi connectivity index (χ3v) is 2.76. The van der Waals surface area contributed by atoms with Crippen LogP contribution in [0.1, 0.15) is 16.8 Å². The normalized spacial score (nSPS) is 16.0. The van der Waals surface area contributed by atoms with Gasteiger partial charge in [0, 0.05) is 19.2 Å². The van der Waals surface area contributed by atoms with Crippen LogP contribution in [-0.2, 0) is 4.79 Å². The van der Waals surface area contributed by atoms with E-state index in [0.29, 0.717) is 19.5 Å².